The molecule has 0 bridgehead atoms. The summed E-state index contributed by atoms with van der Waals surface area (Å²) in [5.74, 6) is -0.628. The Morgan fingerprint density at radius 1 is 1.25 bits per heavy atom. The molecule has 110 valence electrons. The number of imide groups is 1. The smallest absolute Gasteiger partial charge is 0.321 e. The lowest BCUT2D eigenvalue weighted by molar-refractivity contribution is -0.885. The number of urea groups is 1. The Morgan fingerprint density at radius 2 is 1.85 bits per heavy atom. The molecular formula is C14H21FN3O2+. The van der Waals surface area contributed by atoms with Crippen LogP contribution in [0.25, 0.3) is 0 Å². The van der Waals surface area contributed by atoms with E-state index in [4.69, 9.17) is 0 Å². The quantitative estimate of drug-likeness (QED) is 0.716. The second-order valence-electron chi connectivity index (χ2n) is 5.11. The minimum atomic E-state index is -0.486. The van der Waals surface area contributed by atoms with Gasteiger partial charge in [-0.2, -0.15) is 0 Å². The molecule has 0 radical (unpaired) electrons. The van der Waals surface area contributed by atoms with Gasteiger partial charge >= 0.3 is 6.03 Å². The number of quaternary nitrogens is 1. The van der Waals surface area contributed by atoms with Gasteiger partial charge in [0.15, 0.2) is 6.54 Å². The van der Waals surface area contributed by atoms with Gasteiger partial charge in [-0.3, -0.25) is 10.1 Å². The molecule has 0 saturated carbocycles. The van der Waals surface area contributed by atoms with Crippen LogP contribution in [0.1, 0.15) is 19.4 Å². The lowest BCUT2D eigenvalue weighted by Gasteiger charge is -2.14. The topological polar surface area (TPSA) is 62.6 Å². The van der Waals surface area contributed by atoms with E-state index < -0.39 is 6.03 Å². The van der Waals surface area contributed by atoms with Crippen LogP contribution >= 0.6 is 0 Å². The molecule has 0 aliphatic rings. The van der Waals surface area contributed by atoms with Crippen LogP contribution < -0.4 is 15.5 Å². The molecule has 0 fully saturated rings. The Morgan fingerprint density at radius 3 is 2.40 bits per heavy atom. The van der Waals surface area contributed by atoms with Crippen molar-refractivity contribution in [1.29, 1.82) is 0 Å². The van der Waals surface area contributed by atoms with Gasteiger partial charge in [0.1, 0.15) is 12.4 Å². The lowest BCUT2D eigenvalue weighted by Crippen LogP contribution is -3.09. The van der Waals surface area contributed by atoms with E-state index in [0.29, 0.717) is 6.54 Å². The van der Waals surface area contributed by atoms with Crippen LogP contribution in [0.3, 0.4) is 0 Å². The van der Waals surface area contributed by atoms with Crippen LogP contribution in [0.15, 0.2) is 24.3 Å². The SMILES string of the molecule is CC(C)NC(=O)NC(=O)C[NH+](C)Cc1ccc(F)cc1. The molecule has 3 N–H and O–H groups in total. The molecular weight excluding hydrogens is 261 g/mol. The Hall–Kier alpha value is -1.95. The fourth-order valence-corrected chi connectivity index (χ4v) is 1.76. The first-order valence-corrected chi connectivity index (χ1v) is 6.53. The Kier molecular flexibility index (Phi) is 6.11. The van der Waals surface area contributed by atoms with E-state index in [-0.39, 0.29) is 24.3 Å². The molecule has 0 aromatic heterocycles. The molecule has 6 heteroatoms. The molecule has 3 amide bonds. The van der Waals surface area contributed by atoms with Gasteiger partial charge in [0.05, 0.1) is 7.05 Å². The predicted octanol–water partition coefficient (Wildman–Crippen LogP) is 0.0746. The maximum Gasteiger partial charge on any atom is 0.321 e. The van der Waals surface area contributed by atoms with E-state index in [1.807, 2.05) is 20.9 Å². The van der Waals surface area contributed by atoms with Crippen LogP contribution in [-0.4, -0.2) is 31.6 Å². The molecule has 1 aromatic carbocycles. The van der Waals surface area contributed by atoms with Crippen molar-refractivity contribution in [2.75, 3.05) is 13.6 Å². The zero-order chi connectivity index (χ0) is 15.1. The monoisotopic (exact) mass is 282 g/mol. The molecule has 0 aliphatic carbocycles. The highest BCUT2D eigenvalue weighted by Crippen LogP contribution is 2.00. The molecule has 0 aliphatic heterocycles. The standard InChI is InChI=1S/C14H20FN3O2/c1-10(2)16-14(20)17-13(19)9-18(3)8-11-4-6-12(15)7-5-11/h4-7,10H,8-9H2,1-3H3,(H2,16,17,19,20)/p+1. The third-order valence-corrected chi connectivity index (χ3v) is 2.55. The van der Waals surface area contributed by atoms with Crippen LogP contribution in [0.5, 0.6) is 0 Å². The maximum absolute atomic E-state index is 12.8. The van der Waals surface area contributed by atoms with Gasteiger partial charge in [-0.1, -0.05) is 12.1 Å². The fraction of sp³-hybridized carbons (Fsp3) is 0.429. The van der Waals surface area contributed by atoms with Gasteiger partial charge in [0.25, 0.3) is 5.91 Å². The van der Waals surface area contributed by atoms with E-state index in [2.05, 4.69) is 10.6 Å². The van der Waals surface area contributed by atoms with Crippen molar-refractivity contribution in [3.8, 4) is 0 Å². The summed E-state index contributed by atoms with van der Waals surface area (Å²) in [6.45, 7) is 4.38. The van der Waals surface area contributed by atoms with Gasteiger partial charge in [-0.15, -0.1) is 0 Å². The van der Waals surface area contributed by atoms with E-state index in [0.717, 1.165) is 10.5 Å². The van der Waals surface area contributed by atoms with Crippen molar-refractivity contribution >= 4 is 11.9 Å². The zero-order valence-electron chi connectivity index (χ0n) is 12.0. The highest BCUT2D eigenvalue weighted by Gasteiger charge is 2.13. The van der Waals surface area contributed by atoms with Crippen molar-refractivity contribution in [3.05, 3.63) is 35.6 Å². The van der Waals surface area contributed by atoms with Gasteiger partial charge < -0.3 is 10.2 Å². The third-order valence-electron chi connectivity index (χ3n) is 2.55. The lowest BCUT2D eigenvalue weighted by atomic mass is 10.2. The van der Waals surface area contributed by atoms with Gasteiger partial charge in [0.2, 0.25) is 0 Å². The van der Waals surface area contributed by atoms with Crippen molar-refractivity contribution in [1.82, 2.24) is 10.6 Å². The second kappa shape index (κ2) is 7.59. The van der Waals surface area contributed by atoms with E-state index in [1.54, 1.807) is 12.1 Å². The molecule has 5 nitrogen and oxygen atoms in total. The summed E-state index contributed by atoms with van der Waals surface area (Å²) in [7, 11) is 1.84. The molecule has 1 unspecified atom stereocenters. The second-order valence-corrected chi connectivity index (χ2v) is 5.11. The molecule has 1 rings (SSSR count). The average molecular weight is 282 g/mol. The van der Waals surface area contributed by atoms with Crippen molar-refractivity contribution in [2.45, 2.75) is 26.4 Å². The minimum absolute atomic E-state index is 0.0212. The predicted molar refractivity (Wildman–Crippen MR) is 73.7 cm³/mol. The molecule has 0 saturated heterocycles. The fourth-order valence-electron chi connectivity index (χ4n) is 1.76. The first-order chi connectivity index (χ1) is 9.36. The Labute approximate surface area is 118 Å². The van der Waals surface area contributed by atoms with E-state index in [1.165, 1.54) is 12.1 Å². The number of hydrogen-bond acceptors (Lipinski definition) is 2. The first-order valence-electron chi connectivity index (χ1n) is 6.53. The number of likely N-dealkylation sites (N-methyl/N-ethyl adjacent to an activating group) is 1. The molecule has 1 atom stereocenters. The Bertz CT molecular complexity index is 460. The number of benzene rings is 1. The number of nitrogens with one attached hydrogen (secondary N) is 3. The summed E-state index contributed by atoms with van der Waals surface area (Å²) in [4.78, 5) is 23.9. The minimum Gasteiger partial charge on any atom is -0.336 e. The van der Waals surface area contributed by atoms with Crippen LogP contribution in [0, 0.1) is 5.82 Å². The molecule has 20 heavy (non-hydrogen) atoms. The highest BCUT2D eigenvalue weighted by molar-refractivity contribution is 5.94. The molecule has 1 aromatic rings. The maximum atomic E-state index is 12.8. The number of halogens is 1. The summed E-state index contributed by atoms with van der Waals surface area (Å²) in [6.07, 6.45) is 0. The van der Waals surface area contributed by atoms with Crippen molar-refractivity contribution in [2.24, 2.45) is 0 Å². The van der Waals surface area contributed by atoms with Gasteiger partial charge in [-0.05, 0) is 26.0 Å². The molecule has 0 spiro atoms. The van der Waals surface area contributed by atoms with E-state index >= 15 is 0 Å². The number of carbonyl (C=O) groups excluding carboxylic acids is 2. The first kappa shape index (κ1) is 16.1. The normalized spacial score (nSPS) is 12.1. The third kappa shape index (κ3) is 6.29. The van der Waals surface area contributed by atoms with Crippen LogP contribution in [-0.2, 0) is 11.3 Å². The Balaban J connectivity index is 2.38. The van der Waals surface area contributed by atoms with Gasteiger partial charge in [0, 0.05) is 11.6 Å². The average Bonchev–Trinajstić information content (AvgIpc) is 2.30. The van der Waals surface area contributed by atoms with Crippen LogP contribution in [0.2, 0.25) is 0 Å². The van der Waals surface area contributed by atoms with E-state index in [9.17, 15) is 14.0 Å². The number of rotatable bonds is 5. The summed E-state index contributed by atoms with van der Waals surface area (Å²) in [5, 5.41) is 4.85. The highest BCUT2D eigenvalue weighted by atomic mass is 19.1. The summed E-state index contributed by atoms with van der Waals surface area (Å²) in [5.41, 5.74) is 0.934. The molecule has 0 heterocycles. The van der Waals surface area contributed by atoms with Crippen molar-refractivity contribution < 1.29 is 18.9 Å². The zero-order valence-corrected chi connectivity index (χ0v) is 12.0. The van der Waals surface area contributed by atoms with Crippen LogP contribution in [0.4, 0.5) is 9.18 Å². The number of amides is 3. The van der Waals surface area contributed by atoms with Crippen molar-refractivity contribution in [3.63, 3.8) is 0 Å². The summed E-state index contributed by atoms with van der Waals surface area (Å²) < 4.78 is 12.8. The van der Waals surface area contributed by atoms with Gasteiger partial charge in [-0.25, -0.2) is 9.18 Å². The summed E-state index contributed by atoms with van der Waals surface area (Å²) in [6, 6.07) is 5.63. The summed E-state index contributed by atoms with van der Waals surface area (Å²) >= 11 is 0. The number of carbonyl (C=O) groups is 2. The largest absolute Gasteiger partial charge is 0.336 e. The number of hydrogen-bond donors (Lipinski definition) is 3.